The third-order valence-corrected chi connectivity index (χ3v) is 4.08. The molecule has 0 atom stereocenters. The zero-order valence-corrected chi connectivity index (χ0v) is 12.5. The molecule has 1 aromatic carbocycles. The van der Waals surface area contributed by atoms with Gasteiger partial charge >= 0.3 is 5.97 Å². The lowest BCUT2D eigenvalue weighted by atomic mass is 10.1. The fraction of sp³-hybridized carbons (Fsp3) is 0.417. The van der Waals surface area contributed by atoms with Crippen molar-refractivity contribution in [2.45, 2.75) is 17.6 Å². The van der Waals surface area contributed by atoms with Gasteiger partial charge in [-0.05, 0) is 37.1 Å². The first-order valence-corrected chi connectivity index (χ1v) is 8.16. The van der Waals surface area contributed by atoms with Crippen LogP contribution >= 0.6 is 35.1 Å². The second-order valence-electron chi connectivity index (χ2n) is 3.26. The number of halogens is 1. The highest BCUT2D eigenvalue weighted by Gasteiger charge is 2.17. The van der Waals surface area contributed by atoms with Crippen LogP contribution < -0.4 is 0 Å². The molecule has 0 aliphatic heterocycles. The van der Waals surface area contributed by atoms with Crippen LogP contribution in [0.2, 0.25) is 5.02 Å². The summed E-state index contributed by atoms with van der Waals surface area (Å²) in [6, 6.07) is 3.50. The van der Waals surface area contributed by atoms with E-state index in [0.29, 0.717) is 17.2 Å². The Kier molecular flexibility index (Phi) is 6.23. The fourth-order valence-electron chi connectivity index (χ4n) is 1.51. The van der Waals surface area contributed by atoms with Crippen molar-refractivity contribution in [2.24, 2.45) is 0 Å². The van der Waals surface area contributed by atoms with Gasteiger partial charge in [-0.15, -0.1) is 11.8 Å². The Hall–Kier alpha value is -0.320. The summed E-state index contributed by atoms with van der Waals surface area (Å²) < 4.78 is 5.05. The van der Waals surface area contributed by atoms with Crippen molar-refractivity contribution in [2.75, 3.05) is 19.1 Å². The van der Waals surface area contributed by atoms with Crippen LogP contribution in [0.1, 0.15) is 22.8 Å². The van der Waals surface area contributed by atoms with Crippen molar-refractivity contribution in [3.05, 3.63) is 28.3 Å². The average molecular weight is 291 g/mol. The first-order valence-electron chi connectivity index (χ1n) is 5.17. The summed E-state index contributed by atoms with van der Waals surface area (Å²) >= 11 is 9.36. The quantitative estimate of drug-likeness (QED) is 0.602. The Balaban J connectivity index is 3.24. The van der Waals surface area contributed by atoms with Crippen molar-refractivity contribution in [1.29, 1.82) is 0 Å². The van der Waals surface area contributed by atoms with E-state index in [4.69, 9.17) is 16.3 Å². The highest BCUT2D eigenvalue weighted by molar-refractivity contribution is 7.99. The highest BCUT2D eigenvalue weighted by Crippen LogP contribution is 2.33. The van der Waals surface area contributed by atoms with Gasteiger partial charge in [0, 0.05) is 10.6 Å². The molecule has 1 aromatic rings. The summed E-state index contributed by atoms with van der Waals surface area (Å²) in [5.41, 5.74) is 1.59. The number of esters is 1. The van der Waals surface area contributed by atoms with Crippen molar-refractivity contribution < 1.29 is 9.53 Å². The van der Waals surface area contributed by atoms with Crippen LogP contribution in [-0.2, 0) is 10.5 Å². The van der Waals surface area contributed by atoms with Gasteiger partial charge in [0.05, 0.1) is 17.2 Å². The lowest BCUT2D eigenvalue weighted by Gasteiger charge is -2.13. The summed E-state index contributed by atoms with van der Waals surface area (Å²) in [6.07, 6.45) is 3.96. The molecule has 0 N–H and O–H groups in total. The summed E-state index contributed by atoms with van der Waals surface area (Å²) in [5.74, 6) is 0.480. The molecule has 94 valence electrons. The molecule has 0 aromatic heterocycles. The van der Waals surface area contributed by atoms with Crippen LogP contribution in [0.25, 0.3) is 0 Å². The third kappa shape index (κ3) is 3.57. The molecule has 1 rings (SSSR count). The summed E-state index contributed by atoms with van der Waals surface area (Å²) in [5, 5.41) is 0.689. The average Bonchev–Trinajstić information content (AvgIpc) is 2.30. The molecule has 0 saturated carbocycles. The summed E-state index contributed by atoms with van der Waals surface area (Å²) in [6.45, 7) is 2.19. The highest BCUT2D eigenvalue weighted by atomic mass is 35.5. The van der Waals surface area contributed by atoms with E-state index in [1.165, 1.54) is 0 Å². The molecule has 17 heavy (non-hydrogen) atoms. The molecule has 0 bridgehead atoms. The Morgan fingerprint density at radius 3 is 2.65 bits per heavy atom. The molecule has 5 heteroatoms. The maximum atomic E-state index is 11.8. The molecule has 0 amide bonds. The maximum Gasteiger partial charge on any atom is 0.338 e. The second-order valence-corrected chi connectivity index (χ2v) is 5.35. The lowest BCUT2D eigenvalue weighted by molar-refractivity contribution is 0.0525. The van der Waals surface area contributed by atoms with Gasteiger partial charge in [-0.1, -0.05) is 11.6 Å². The molecule has 0 radical (unpaired) electrons. The van der Waals surface area contributed by atoms with Gasteiger partial charge in [-0.2, -0.15) is 11.8 Å². The topological polar surface area (TPSA) is 26.3 Å². The van der Waals surface area contributed by atoms with E-state index in [2.05, 4.69) is 0 Å². The minimum Gasteiger partial charge on any atom is -0.462 e. The van der Waals surface area contributed by atoms with E-state index in [1.54, 1.807) is 42.6 Å². The standard InChI is InChI=1S/C12H15ClO2S2/c1-4-15-12(14)8-5-6-10(13)11(17-3)9(8)7-16-2/h5-6H,4,7H2,1-3H3. The van der Waals surface area contributed by atoms with Crippen molar-refractivity contribution in [3.8, 4) is 0 Å². The van der Waals surface area contributed by atoms with Crippen molar-refractivity contribution in [1.82, 2.24) is 0 Å². The molecule has 0 unspecified atom stereocenters. The minimum absolute atomic E-state index is 0.275. The van der Waals surface area contributed by atoms with Gasteiger partial charge < -0.3 is 4.74 Å². The van der Waals surface area contributed by atoms with Gasteiger partial charge in [0.15, 0.2) is 0 Å². The lowest BCUT2D eigenvalue weighted by Crippen LogP contribution is -2.08. The SMILES string of the molecule is CCOC(=O)c1ccc(Cl)c(SC)c1CSC. The fourth-order valence-corrected chi connectivity index (χ4v) is 3.29. The largest absolute Gasteiger partial charge is 0.462 e. The van der Waals surface area contributed by atoms with Crippen LogP contribution in [-0.4, -0.2) is 25.1 Å². The van der Waals surface area contributed by atoms with Gasteiger partial charge in [0.2, 0.25) is 0 Å². The number of carbonyl (C=O) groups is 1. The molecule has 0 spiro atoms. The molecule has 0 aliphatic rings. The van der Waals surface area contributed by atoms with Gasteiger partial charge in [-0.3, -0.25) is 0 Å². The van der Waals surface area contributed by atoms with Crippen LogP contribution in [0.15, 0.2) is 17.0 Å². The minimum atomic E-state index is -0.275. The van der Waals surface area contributed by atoms with E-state index >= 15 is 0 Å². The first-order chi connectivity index (χ1) is 8.15. The van der Waals surface area contributed by atoms with Crippen molar-refractivity contribution >= 4 is 41.1 Å². The Morgan fingerprint density at radius 1 is 1.41 bits per heavy atom. The normalized spacial score (nSPS) is 10.4. The Bertz CT molecular complexity index is 408. The Labute approximate surface area is 115 Å². The third-order valence-electron chi connectivity index (χ3n) is 2.20. The number of hydrogen-bond acceptors (Lipinski definition) is 4. The smallest absolute Gasteiger partial charge is 0.338 e. The number of rotatable bonds is 5. The van der Waals surface area contributed by atoms with Crippen LogP contribution in [0, 0.1) is 0 Å². The first kappa shape index (κ1) is 14.7. The second kappa shape index (κ2) is 7.19. The van der Waals surface area contributed by atoms with E-state index in [0.717, 1.165) is 16.2 Å². The number of ether oxygens (including phenoxy) is 1. The van der Waals surface area contributed by atoms with E-state index in [-0.39, 0.29) is 5.97 Å². The molecular formula is C12H15ClO2S2. The number of carbonyl (C=O) groups excluding carboxylic acids is 1. The molecule has 2 nitrogen and oxygen atoms in total. The number of thioether (sulfide) groups is 2. The summed E-state index contributed by atoms with van der Waals surface area (Å²) in [7, 11) is 0. The Morgan fingerprint density at radius 2 is 2.12 bits per heavy atom. The van der Waals surface area contributed by atoms with E-state index < -0.39 is 0 Å². The van der Waals surface area contributed by atoms with E-state index in [9.17, 15) is 4.79 Å². The predicted octanol–water partition coefficient (Wildman–Crippen LogP) is 4.10. The summed E-state index contributed by atoms with van der Waals surface area (Å²) in [4.78, 5) is 12.8. The van der Waals surface area contributed by atoms with Crippen LogP contribution in [0.5, 0.6) is 0 Å². The number of hydrogen-bond donors (Lipinski definition) is 0. The molecular weight excluding hydrogens is 276 g/mol. The van der Waals surface area contributed by atoms with Crippen LogP contribution in [0.3, 0.4) is 0 Å². The molecule has 0 saturated heterocycles. The van der Waals surface area contributed by atoms with Crippen molar-refractivity contribution in [3.63, 3.8) is 0 Å². The monoisotopic (exact) mass is 290 g/mol. The predicted molar refractivity (Wildman–Crippen MR) is 76.4 cm³/mol. The van der Waals surface area contributed by atoms with Crippen LogP contribution in [0.4, 0.5) is 0 Å². The molecule has 0 fully saturated rings. The zero-order chi connectivity index (χ0) is 12.8. The maximum absolute atomic E-state index is 11.8. The van der Waals surface area contributed by atoms with Gasteiger partial charge in [0.25, 0.3) is 0 Å². The zero-order valence-electron chi connectivity index (χ0n) is 10.1. The van der Waals surface area contributed by atoms with E-state index in [1.807, 2.05) is 12.5 Å². The molecule has 0 heterocycles. The van der Waals surface area contributed by atoms with Gasteiger partial charge in [-0.25, -0.2) is 4.79 Å². The van der Waals surface area contributed by atoms with Gasteiger partial charge in [0.1, 0.15) is 0 Å². The number of benzene rings is 1. The molecule has 0 aliphatic carbocycles.